The lowest BCUT2D eigenvalue weighted by atomic mass is 9.82. The fourth-order valence-electron chi connectivity index (χ4n) is 5.51. The maximum Gasteiger partial charge on any atom is 0.338 e. The van der Waals surface area contributed by atoms with Crippen molar-refractivity contribution in [2.45, 2.75) is 27.2 Å². The number of hydrogen-bond donors (Lipinski definition) is 1. The number of benzene rings is 2. The highest BCUT2D eigenvalue weighted by atomic mass is 16.5. The molecule has 0 aromatic heterocycles. The number of imide groups is 1. The molecule has 3 amide bonds. The normalized spacial score (nSPS) is 24.8. The zero-order valence-electron chi connectivity index (χ0n) is 19.3. The van der Waals surface area contributed by atoms with Gasteiger partial charge >= 0.3 is 5.97 Å². The van der Waals surface area contributed by atoms with Gasteiger partial charge in [-0.15, -0.1) is 0 Å². The van der Waals surface area contributed by atoms with Crippen LogP contribution in [0.1, 0.15) is 34.8 Å². The Morgan fingerprint density at radius 2 is 1.68 bits per heavy atom. The molecular formula is C27H26N2O5. The number of esters is 1. The summed E-state index contributed by atoms with van der Waals surface area (Å²) in [5.74, 6) is -1.67. The molecule has 1 saturated carbocycles. The molecule has 1 heterocycles. The second kappa shape index (κ2) is 8.24. The number of nitrogens with zero attached hydrogens (tertiary/aromatic N) is 1. The number of carbonyl (C=O) groups is 4. The van der Waals surface area contributed by atoms with E-state index >= 15 is 0 Å². The molecule has 174 valence electrons. The quantitative estimate of drug-likeness (QED) is 0.418. The van der Waals surface area contributed by atoms with E-state index in [9.17, 15) is 19.2 Å². The minimum Gasteiger partial charge on any atom is -0.452 e. The van der Waals surface area contributed by atoms with Crippen LogP contribution in [0.3, 0.4) is 0 Å². The average molecular weight is 459 g/mol. The van der Waals surface area contributed by atoms with Crippen LogP contribution in [0.4, 0.5) is 11.4 Å². The maximum absolute atomic E-state index is 13.1. The first-order chi connectivity index (χ1) is 16.2. The summed E-state index contributed by atoms with van der Waals surface area (Å²) in [6.45, 7) is 5.54. The lowest BCUT2D eigenvalue weighted by Gasteiger charge is -2.19. The summed E-state index contributed by atoms with van der Waals surface area (Å²) in [5.41, 5.74) is 4.69. The molecule has 0 spiro atoms. The fraction of sp³-hybridized carbons (Fsp3) is 0.333. The third-order valence-corrected chi connectivity index (χ3v) is 7.37. The van der Waals surface area contributed by atoms with Crippen LogP contribution in [-0.4, -0.2) is 30.3 Å². The Morgan fingerprint density at radius 3 is 2.38 bits per heavy atom. The number of amides is 3. The Bertz CT molecular complexity index is 1250. The molecule has 4 atom stereocenters. The lowest BCUT2D eigenvalue weighted by molar-refractivity contribution is -0.123. The Kier molecular flexibility index (Phi) is 5.35. The first-order valence-corrected chi connectivity index (χ1v) is 11.4. The number of carbonyl (C=O) groups excluding carboxylic acids is 4. The summed E-state index contributed by atoms with van der Waals surface area (Å²) in [5, 5.41) is 2.71. The molecule has 1 saturated heterocycles. The van der Waals surface area contributed by atoms with Gasteiger partial charge in [-0.2, -0.15) is 0 Å². The van der Waals surface area contributed by atoms with Crippen molar-refractivity contribution in [2.75, 3.05) is 16.8 Å². The average Bonchev–Trinajstić information content (AvgIpc) is 3.45. The van der Waals surface area contributed by atoms with E-state index in [4.69, 9.17) is 4.74 Å². The van der Waals surface area contributed by atoms with Gasteiger partial charge in [0.05, 0.1) is 23.1 Å². The lowest BCUT2D eigenvalue weighted by Crippen LogP contribution is -2.33. The smallest absolute Gasteiger partial charge is 0.338 e. The number of hydrogen-bond acceptors (Lipinski definition) is 5. The number of rotatable bonds is 5. The predicted molar refractivity (Wildman–Crippen MR) is 126 cm³/mol. The Balaban J connectivity index is 1.20. The zero-order chi connectivity index (χ0) is 24.1. The Labute approximate surface area is 197 Å². The van der Waals surface area contributed by atoms with Gasteiger partial charge in [0.25, 0.3) is 5.91 Å². The van der Waals surface area contributed by atoms with Crippen molar-refractivity contribution >= 4 is 35.1 Å². The van der Waals surface area contributed by atoms with Crippen LogP contribution in [0.25, 0.3) is 0 Å². The van der Waals surface area contributed by atoms with Gasteiger partial charge in [0.2, 0.25) is 11.8 Å². The van der Waals surface area contributed by atoms with E-state index in [1.54, 1.807) is 18.2 Å². The van der Waals surface area contributed by atoms with E-state index in [0.717, 1.165) is 17.5 Å². The van der Waals surface area contributed by atoms with Gasteiger partial charge in [-0.1, -0.05) is 17.7 Å². The standard InChI is InChI=1S/C27H26N2O5/c1-14-4-7-19(11-15(14)2)28-22(30)13-34-27(33)17-5-8-20(9-6-17)29-25(31)23-18-10-16(3)21(12-18)24(23)26(29)32/h4-11,18,21,23-24H,12-13H2,1-3H3,(H,28,30)/t18-,21+,23-,24-/m0/s1. The molecule has 3 aliphatic rings. The third kappa shape index (κ3) is 3.61. The number of nitrogens with one attached hydrogen (secondary N) is 1. The third-order valence-electron chi connectivity index (χ3n) is 7.37. The Hall–Kier alpha value is -3.74. The molecule has 0 unspecified atom stereocenters. The van der Waals surface area contributed by atoms with Crippen LogP contribution in [0, 0.1) is 37.5 Å². The van der Waals surface area contributed by atoms with Crippen molar-refractivity contribution in [2.24, 2.45) is 23.7 Å². The molecule has 2 fully saturated rings. The number of anilines is 2. The monoisotopic (exact) mass is 458 g/mol. The molecule has 7 heteroatoms. The summed E-state index contributed by atoms with van der Waals surface area (Å²) in [4.78, 5) is 51.9. The van der Waals surface area contributed by atoms with E-state index in [-0.39, 0.29) is 41.0 Å². The largest absolute Gasteiger partial charge is 0.452 e. The van der Waals surface area contributed by atoms with Gasteiger partial charge in [0.1, 0.15) is 0 Å². The molecule has 0 radical (unpaired) electrons. The van der Waals surface area contributed by atoms with Gasteiger partial charge in [-0.25, -0.2) is 4.79 Å². The molecular weight excluding hydrogens is 432 g/mol. The van der Waals surface area contributed by atoms with Crippen molar-refractivity contribution in [3.05, 3.63) is 70.8 Å². The fourth-order valence-corrected chi connectivity index (χ4v) is 5.51. The minimum atomic E-state index is -0.657. The number of allylic oxidation sites excluding steroid dienone is 2. The van der Waals surface area contributed by atoms with Crippen molar-refractivity contribution in [1.29, 1.82) is 0 Å². The van der Waals surface area contributed by atoms with Crippen molar-refractivity contribution in [1.82, 2.24) is 0 Å². The minimum absolute atomic E-state index is 0.140. The summed E-state index contributed by atoms with van der Waals surface area (Å²) >= 11 is 0. The van der Waals surface area contributed by atoms with Crippen molar-refractivity contribution in [3.8, 4) is 0 Å². The highest BCUT2D eigenvalue weighted by Crippen LogP contribution is 2.55. The summed E-state index contributed by atoms with van der Waals surface area (Å²) < 4.78 is 5.13. The van der Waals surface area contributed by atoms with E-state index in [0.29, 0.717) is 11.4 Å². The van der Waals surface area contributed by atoms with E-state index in [1.165, 1.54) is 22.6 Å². The first kappa shape index (κ1) is 22.1. The van der Waals surface area contributed by atoms with E-state index < -0.39 is 18.5 Å². The van der Waals surface area contributed by atoms with Crippen LogP contribution >= 0.6 is 0 Å². The van der Waals surface area contributed by atoms with E-state index in [2.05, 4.69) is 11.4 Å². The molecule has 2 aromatic carbocycles. The van der Waals surface area contributed by atoms with Gasteiger partial charge in [-0.05, 0) is 86.6 Å². The Morgan fingerprint density at radius 1 is 0.971 bits per heavy atom. The summed E-state index contributed by atoms with van der Waals surface area (Å²) in [6, 6.07) is 11.7. The molecule has 2 aliphatic carbocycles. The molecule has 1 aliphatic heterocycles. The highest BCUT2D eigenvalue weighted by molar-refractivity contribution is 6.23. The number of ether oxygens (including phenoxy) is 1. The molecule has 34 heavy (non-hydrogen) atoms. The summed E-state index contributed by atoms with van der Waals surface area (Å²) in [6.07, 6.45) is 3.02. The zero-order valence-corrected chi connectivity index (χ0v) is 19.3. The van der Waals surface area contributed by atoms with Gasteiger partial charge in [0, 0.05) is 5.69 Å². The first-order valence-electron chi connectivity index (χ1n) is 11.4. The molecule has 1 N–H and O–H groups in total. The van der Waals surface area contributed by atoms with Crippen LogP contribution in [0.15, 0.2) is 54.1 Å². The van der Waals surface area contributed by atoms with Crippen molar-refractivity contribution in [3.63, 3.8) is 0 Å². The number of aryl methyl sites for hydroxylation is 2. The van der Waals surface area contributed by atoms with Crippen LogP contribution < -0.4 is 10.2 Å². The van der Waals surface area contributed by atoms with Gasteiger partial charge in [0.15, 0.2) is 6.61 Å². The second-order valence-electron chi connectivity index (χ2n) is 9.45. The molecule has 7 nitrogen and oxygen atoms in total. The van der Waals surface area contributed by atoms with Crippen LogP contribution in [0.5, 0.6) is 0 Å². The molecule has 2 aromatic rings. The molecule has 5 rings (SSSR count). The van der Waals surface area contributed by atoms with Crippen molar-refractivity contribution < 1.29 is 23.9 Å². The second-order valence-corrected chi connectivity index (χ2v) is 9.45. The van der Waals surface area contributed by atoms with Crippen LogP contribution in [-0.2, 0) is 19.1 Å². The van der Waals surface area contributed by atoms with Gasteiger partial charge < -0.3 is 10.1 Å². The highest BCUT2D eigenvalue weighted by Gasteiger charge is 2.60. The van der Waals surface area contributed by atoms with Crippen LogP contribution in [0.2, 0.25) is 0 Å². The SMILES string of the molecule is CC1=C[C@H]2C[C@H]1[C@@H]1C(=O)N(c3ccc(C(=O)OCC(=O)Nc4ccc(C)c(C)c4)cc3)C(=O)[C@H]12. The maximum atomic E-state index is 13.1. The number of fused-ring (bicyclic) bond motifs is 5. The molecule has 2 bridgehead atoms. The van der Waals surface area contributed by atoms with Gasteiger partial charge in [-0.3, -0.25) is 19.3 Å². The van der Waals surface area contributed by atoms with E-state index in [1.807, 2.05) is 32.9 Å². The summed E-state index contributed by atoms with van der Waals surface area (Å²) in [7, 11) is 0. The topological polar surface area (TPSA) is 92.8 Å². The predicted octanol–water partition coefficient (Wildman–Crippen LogP) is 3.80.